The zero-order chi connectivity index (χ0) is 17.2. The van der Waals surface area contributed by atoms with Crippen LogP contribution in [0.3, 0.4) is 0 Å². The molecule has 0 radical (unpaired) electrons. The molecule has 0 bridgehead atoms. The van der Waals surface area contributed by atoms with Crippen LogP contribution in [0.25, 0.3) is 0 Å². The first-order valence-corrected chi connectivity index (χ1v) is 10.9. The summed E-state index contributed by atoms with van der Waals surface area (Å²) in [5.41, 5.74) is 0. The fraction of sp³-hybridized carbons (Fsp3) is 1.00. The molecule has 0 aromatic heterocycles. The minimum absolute atomic E-state index is 0.825. The van der Waals surface area contributed by atoms with Crippen molar-refractivity contribution in [2.45, 2.75) is 129 Å². The van der Waals surface area contributed by atoms with Gasteiger partial charge in [-0.2, -0.15) is 0 Å². The summed E-state index contributed by atoms with van der Waals surface area (Å²) in [5.74, 6) is 0. The number of rotatable bonds is 18. The molecule has 0 saturated carbocycles. The van der Waals surface area contributed by atoms with Gasteiger partial charge in [-0.05, 0) is 26.9 Å². The quantitative estimate of drug-likeness (QED) is 0.235. The summed E-state index contributed by atoms with van der Waals surface area (Å²) in [6, 6.07) is 0.825. The molecule has 1 heteroatoms. The van der Waals surface area contributed by atoms with Crippen LogP contribution in [-0.2, 0) is 0 Å². The number of unbranched alkanes of at least 4 members (excludes halogenated alkanes) is 13. The Balaban J connectivity index is 3.48. The van der Waals surface area contributed by atoms with Gasteiger partial charge in [-0.25, -0.2) is 0 Å². The Morgan fingerprint density at radius 2 is 0.783 bits per heavy atom. The van der Waals surface area contributed by atoms with E-state index in [1.54, 1.807) is 0 Å². The molecule has 0 amide bonds. The van der Waals surface area contributed by atoms with Gasteiger partial charge in [-0.1, -0.05) is 110 Å². The van der Waals surface area contributed by atoms with E-state index in [9.17, 15) is 0 Å². The second-order valence-electron chi connectivity index (χ2n) is 7.79. The fourth-order valence-corrected chi connectivity index (χ4v) is 3.51. The third-order valence-electron chi connectivity index (χ3n) is 5.26. The summed E-state index contributed by atoms with van der Waals surface area (Å²) < 4.78 is 0. The van der Waals surface area contributed by atoms with E-state index in [1.165, 1.54) is 109 Å². The Labute approximate surface area is 148 Å². The average molecular weight is 326 g/mol. The highest BCUT2D eigenvalue weighted by Crippen LogP contribution is 2.17. The zero-order valence-electron chi connectivity index (χ0n) is 17.0. The van der Waals surface area contributed by atoms with Gasteiger partial charge in [0.1, 0.15) is 0 Å². The molecule has 0 aromatic carbocycles. The van der Waals surface area contributed by atoms with E-state index in [0.717, 1.165) is 6.04 Å². The Kier molecular flexibility index (Phi) is 18.3. The van der Waals surface area contributed by atoms with Gasteiger partial charge in [0.2, 0.25) is 0 Å². The van der Waals surface area contributed by atoms with Gasteiger partial charge in [0, 0.05) is 6.04 Å². The maximum absolute atomic E-state index is 2.47. The molecular weight excluding hydrogens is 278 g/mol. The standard InChI is InChI=1S/C22H47N/c1-5-7-9-11-13-15-17-19-21-22(23(3)4)20-18-16-14-12-10-8-6-2/h22H,5-21H2,1-4H3. The topological polar surface area (TPSA) is 3.24 Å². The molecule has 0 rings (SSSR count). The van der Waals surface area contributed by atoms with E-state index in [4.69, 9.17) is 0 Å². The maximum atomic E-state index is 2.47. The third-order valence-corrected chi connectivity index (χ3v) is 5.26. The molecule has 140 valence electrons. The van der Waals surface area contributed by atoms with Gasteiger partial charge in [-0.15, -0.1) is 0 Å². The molecule has 1 nitrogen and oxygen atoms in total. The molecule has 0 spiro atoms. The number of hydrogen-bond acceptors (Lipinski definition) is 1. The van der Waals surface area contributed by atoms with Gasteiger partial charge in [0.15, 0.2) is 0 Å². The summed E-state index contributed by atoms with van der Waals surface area (Å²) in [4.78, 5) is 2.47. The zero-order valence-corrected chi connectivity index (χ0v) is 17.0. The van der Waals surface area contributed by atoms with Crippen molar-refractivity contribution in [2.75, 3.05) is 14.1 Å². The van der Waals surface area contributed by atoms with Gasteiger partial charge >= 0.3 is 0 Å². The SMILES string of the molecule is CCCCCCCCCCC(CCCCCCCCC)N(C)C. The third kappa shape index (κ3) is 16.6. The first-order chi connectivity index (χ1) is 11.2. The highest BCUT2D eigenvalue weighted by atomic mass is 15.1. The lowest BCUT2D eigenvalue weighted by Crippen LogP contribution is -2.27. The predicted octanol–water partition coefficient (Wildman–Crippen LogP) is 7.59. The highest BCUT2D eigenvalue weighted by Gasteiger charge is 2.10. The molecular formula is C22H47N. The van der Waals surface area contributed by atoms with Crippen LogP contribution in [0.4, 0.5) is 0 Å². The van der Waals surface area contributed by atoms with Crippen LogP contribution in [0.15, 0.2) is 0 Å². The van der Waals surface area contributed by atoms with Crippen molar-refractivity contribution >= 4 is 0 Å². The molecule has 0 aliphatic carbocycles. The van der Waals surface area contributed by atoms with Crippen molar-refractivity contribution in [3.8, 4) is 0 Å². The van der Waals surface area contributed by atoms with Crippen LogP contribution >= 0.6 is 0 Å². The highest BCUT2D eigenvalue weighted by molar-refractivity contribution is 4.66. The van der Waals surface area contributed by atoms with Crippen LogP contribution in [0.5, 0.6) is 0 Å². The smallest absolute Gasteiger partial charge is 0.00891 e. The first kappa shape index (κ1) is 23.0. The maximum Gasteiger partial charge on any atom is 0.00891 e. The molecule has 0 heterocycles. The van der Waals surface area contributed by atoms with E-state index in [2.05, 4.69) is 32.8 Å². The summed E-state index contributed by atoms with van der Waals surface area (Å²) in [7, 11) is 4.55. The Morgan fingerprint density at radius 1 is 0.478 bits per heavy atom. The Morgan fingerprint density at radius 3 is 1.09 bits per heavy atom. The monoisotopic (exact) mass is 325 g/mol. The lowest BCUT2D eigenvalue weighted by Gasteiger charge is -2.24. The number of nitrogens with zero attached hydrogens (tertiary/aromatic N) is 1. The average Bonchev–Trinajstić information content (AvgIpc) is 2.54. The minimum Gasteiger partial charge on any atom is -0.306 e. The molecule has 0 aromatic rings. The van der Waals surface area contributed by atoms with Crippen LogP contribution in [-0.4, -0.2) is 25.0 Å². The molecule has 0 fully saturated rings. The van der Waals surface area contributed by atoms with E-state index < -0.39 is 0 Å². The lowest BCUT2D eigenvalue weighted by molar-refractivity contribution is 0.251. The van der Waals surface area contributed by atoms with Crippen molar-refractivity contribution in [1.82, 2.24) is 4.90 Å². The second kappa shape index (κ2) is 18.3. The van der Waals surface area contributed by atoms with Gasteiger partial charge < -0.3 is 4.90 Å². The Hall–Kier alpha value is -0.0400. The lowest BCUT2D eigenvalue weighted by atomic mass is 9.99. The van der Waals surface area contributed by atoms with Crippen molar-refractivity contribution < 1.29 is 0 Å². The van der Waals surface area contributed by atoms with E-state index in [1.807, 2.05) is 0 Å². The molecule has 0 N–H and O–H groups in total. The molecule has 0 saturated heterocycles. The predicted molar refractivity (Wildman–Crippen MR) is 107 cm³/mol. The van der Waals surface area contributed by atoms with Gasteiger partial charge in [-0.3, -0.25) is 0 Å². The summed E-state index contributed by atoms with van der Waals surface area (Å²) >= 11 is 0. The second-order valence-corrected chi connectivity index (χ2v) is 7.79. The summed E-state index contributed by atoms with van der Waals surface area (Å²) in [5, 5.41) is 0. The summed E-state index contributed by atoms with van der Waals surface area (Å²) in [6.45, 7) is 4.60. The van der Waals surface area contributed by atoms with E-state index >= 15 is 0 Å². The van der Waals surface area contributed by atoms with Gasteiger partial charge in [0.25, 0.3) is 0 Å². The molecule has 1 unspecified atom stereocenters. The van der Waals surface area contributed by atoms with Crippen LogP contribution < -0.4 is 0 Å². The van der Waals surface area contributed by atoms with Crippen LogP contribution in [0.1, 0.15) is 123 Å². The molecule has 23 heavy (non-hydrogen) atoms. The van der Waals surface area contributed by atoms with Crippen molar-refractivity contribution in [2.24, 2.45) is 0 Å². The van der Waals surface area contributed by atoms with E-state index in [-0.39, 0.29) is 0 Å². The molecule has 1 atom stereocenters. The van der Waals surface area contributed by atoms with Crippen molar-refractivity contribution in [1.29, 1.82) is 0 Å². The van der Waals surface area contributed by atoms with E-state index in [0.29, 0.717) is 0 Å². The van der Waals surface area contributed by atoms with Crippen LogP contribution in [0.2, 0.25) is 0 Å². The minimum atomic E-state index is 0.825. The molecule has 0 aliphatic heterocycles. The normalized spacial score (nSPS) is 12.9. The summed E-state index contributed by atoms with van der Waals surface area (Å²) in [6.07, 6.45) is 24.4. The van der Waals surface area contributed by atoms with Gasteiger partial charge in [0.05, 0.1) is 0 Å². The number of hydrogen-bond donors (Lipinski definition) is 0. The first-order valence-electron chi connectivity index (χ1n) is 10.9. The van der Waals surface area contributed by atoms with Crippen LogP contribution in [0, 0.1) is 0 Å². The van der Waals surface area contributed by atoms with Crippen molar-refractivity contribution in [3.05, 3.63) is 0 Å². The Bertz CT molecular complexity index is 212. The largest absolute Gasteiger partial charge is 0.306 e. The van der Waals surface area contributed by atoms with Crippen molar-refractivity contribution in [3.63, 3.8) is 0 Å². The molecule has 0 aliphatic rings. The fourth-order valence-electron chi connectivity index (χ4n) is 3.51.